The molecule has 34 heavy (non-hydrogen) atoms. The van der Waals surface area contributed by atoms with Crippen LogP contribution in [0.5, 0.6) is 5.75 Å². The van der Waals surface area contributed by atoms with E-state index in [4.69, 9.17) is 4.74 Å². The van der Waals surface area contributed by atoms with Crippen LogP contribution in [0.2, 0.25) is 0 Å². The molecule has 0 aliphatic heterocycles. The third-order valence-electron chi connectivity index (χ3n) is 4.43. The minimum atomic E-state index is -3.98. The van der Waals surface area contributed by atoms with E-state index in [0.717, 1.165) is 6.07 Å². The third-order valence-corrected chi connectivity index (χ3v) is 5.89. The molecule has 0 fully saturated rings. The maximum atomic E-state index is 13.3. The number of anilines is 1. The monoisotopic (exact) mass is 488 g/mol. The van der Waals surface area contributed by atoms with Gasteiger partial charge in [0.15, 0.2) is 0 Å². The van der Waals surface area contributed by atoms with Crippen LogP contribution in [0.3, 0.4) is 0 Å². The third kappa shape index (κ3) is 7.25. The molecule has 0 spiro atoms. The number of nitrogens with zero attached hydrogens (tertiary/aromatic N) is 1. The Labute approximate surface area is 195 Å². The van der Waals surface area contributed by atoms with Crippen LogP contribution in [0.4, 0.5) is 20.6 Å². The summed E-state index contributed by atoms with van der Waals surface area (Å²) in [6, 6.07) is 16.7. The predicted octanol–water partition coefficient (Wildman–Crippen LogP) is 3.41. The summed E-state index contributed by atoms with van der Waals surface area (Å²) in [6.07, 6.45) is 0. The maximum Gasteiger partial charge on any atom is 0.319 e. The molecular formula is C22H21FN4O6S. The fourth-order valence-electron chi connectivity index (χ4n) is 2.84. The molecule has 2 amide bonds. The number of nitro groups is 1. The zero-order chi connectivity index (χ0) is 24.6. The van der Waals surface area contributed by atoms with E-state index >= 15 is 0 Å². The summed E-state index contributed by atoms with van der Waals surface area (Å²) in [4.78, 5) is 22.0. The Balaban J connectivity index is 1.45. The number of nitrogens with one attached hydrogen (secondary N) is 3. The second kappa shape index (κ2) is 11.2. The Bertz CT molecular complexity index is 1290. The smallest absolute Gasteiger partial charge is 0.319 e. The first kappa shape index (κ1) is 24.6. The topological polar surface area (TPSA) is 140 Å². The van der Waals surface area contributed by atoms with Crippen LogP contribution in [0, 0.1) is 15.9 Å². The Hall–Kier alpha value is -4.03. The fraction of sp³-hybridized carbons (Fsp3) is 0.136. The Morgan fingerprint density at radius 2 is 1.76 bits per heavy atom. The van der Waals surface area contributed by atoms with Gasteiger partial charge in [-0.15, -0.1) is 0 Å². The van der Waals surface area contributed by atoms with E-state index in [9.17, 15) is 27.7 Å². The molecule has 3 aromatic carbocycles. The first-order valence-electron chi connectivity index (χ1n) is 9.99. The van der Waals surface area contributed by atoms with Gasteiger partial charge < -0.3 is 15.4 Å². The number of non-ortho nitro benzene ring substituents is 1. The second-order valence-electron chi connectivity index (χ2n) is 6.98. The van der Waals surface area contributed by atoms with Gasteiger partial charge in [0.25, 0.3) is 5.69 Å². The Morgan fingerprint density at radius 3 is 2.53 bits per heavy atom. The molecule has 0 heterocycles. The van der Waals surface area contributed by atoms with Gasteiger partial charge in [0, 0.05) is 37.0 Å². The van der Waals surface area contributed by atoms with Gasteiger partial charge >= 0.3 is 6.03 Å². The van der Waals surface area contributed by atoms with Crippen molar-refractivity contribution in [3.8, 4) is 5.75 Å². The summed E-state index contributed by atoms with van der Waals surface area (Å²) in [5.41, 5.74) is 0.748. The van der Waals surface area contributed by atoms with Crippen molar-refractivity contribution in [3.63, 3.8) is 0 Å². The molecule has 0 atom stereocenters. The van der Waals surface area contributed by atoms with Gasteiger partial charge in [-0.05, 0) is 35.9 Å². The number of rotatable bonds is 10. The highest BCUT2D eigenvalue weighted by Gasteiger charge is 2.17. The highest BCUT2D eigenvalue weighted by molar-refractivity contribution is 7.89. The van der Waals surface area contributed by atoms with E-state index in [1.54, 1.807) is 36.4 Å². The van der Waals surface area contributed by atoms with E-state index in [1.807, 2.05) is 0 Å². The Morgan fingerprint density at radius 1 is 1.00 bits per heavy atom. The largest absolute Gasteiger partial charge is 0.489 e. The molecule has 12 heteroatoms. The summed E-state index contributed by atoms with van der Waals surface area (Å²) < 4.78 is 45.7. The fourth-order valence-corrected chi connectivity index (χ4v) is 3.91. The van der Waals surface area contributed by atoms with Crippen LogP contribution < -0.4 is 20.1 Å². The lowest BCUT2D eigenvalue weighted by molar-refractivity contribution is -0.385. The molecule has 0 aliphatic rings. The maximum absolute atomic E-state index is 13.3. The molecule has 0 bridgehead atoms. The normalized spacial score (nSPS) is 11.0. The molecule has 0 saturated carbocycles. The van der Waals surface area contributed by atoms with Gasteiger partial charge in [-0.25, -0.2) is 22.3 Å². The summed E-state index contributed by atoms with van der Waals surface area (Å²) in [6.45, 7) is -0.0108. The van der Waals surface area contributed by atoms with E-state index in [1.165, 1.54) is 30.3 Å². The van der Waals surface area contributed by atoms with Gasteiger partial charge in [-0.2, -0.15) is 0 Å². The predicted molar refractivity (Wildman–Crippen MR) is 122 cm³/mol. The number of urea groups is 1. The van der Waals surface area contributed by atoms with Crippen LogP contribution in [0.15, 0.2) is 77.7 Å². The molecule has 0 radical (unpaired) electrons. The van der Waals surface area contributed by atoms with Crippen LogP contribution in [-0.4, -0.2) is 32.5 Å². The van der Waals surface area contributed by atoms with Crippen molar-refractivity contribution in [2.24, 2.45) is 0 Å². The number of ether oxygens (including phenoxy) is 1. The van der Waals surface area contributed by atoms with Crippen molar-refractivity contribution in [1.82, 2.24) is 10.0 Å². The highest BCUT2D eigenvalue weighted by atomic mass is 32.2. The number of hydrogen-bond acceptors (Lipinski definition) is 6. The number of nitro benzene ring substituents is 1. The van der Waals surface area contributed by atoms with Crippen molar-refractivity contribution in [1.29, 1.82) is 0 Å². The van der Waals surface area contributed by atoms with Gasteiger partial charge in [0.1, 0.15) is 18.2 Å². The minimum absolute atomic E-state index is 0.0320. The first-order chi connectivity index (χ1) is 16.2. The molecule has 178 valence electrons. The lowest BCUT2D eigenvalue weighted by Gasteiger charge is -2.11. The van der Waals surface area contributed by atoms with Gasteiger partial charge in [0.2, 0.25) is 10.0 Å². The molecule has 0 aromatic heterocycles. The van der Waals surface area contributed by atoms with Crippen LogP contribution in [0.25, 0.3) is 0 Å². The quantitative estimate of drug-likeness (QED) is 0.227. The Kier molecular flexibility index (Phi) is 8.11. The number of sulfonamides is 1. The van der Waals surface area contributed by atoms with Gasteiger partial charge in [-0.3, -0.25) is 10.1 Å². The molecule has 3 N–H and O–H groups in total. The minimum Gasteiger partial charge on any atom is -0.489 e. The number of halogens is 1. The van der Waals surface area contributed by atoms with E-state index in [-0.39, 0.29) is 36.1 Å². The number of benzene rings is 3. The first-order valence-corrected chi connectivity index (χ1v) is 11.5. The van der Waals surface area contributed by atoms with Crippen molar-refractivity contribution in [3.05, 3.63) is 94.3 Å². The van der Waals surface area contributed by atoms with Crippen LogP contribution >= 0.6 is 0 Å². The SMILES string of the molecule is O=C(NCCNS(=O)(=O)c1cccc([N+](=O)[O-])c1)Nc1cccc(OCc2cccc(F)c2)c1. The zero-order valence-corrected chi connectivity index (χ0v) is 18.5. The number of amides is 2. The lowest BCUT2D eigenvalue weighted by Crippen LogP contribution is -2.36. The van der Waals surface area contributed by atoms with Crippen molar-refractivity contribution < 1.29 is 27.3 Å². The van der Waals surface area contributed by atoms with E-state index in [2.05, 4.69) is 15.4 Å². The molecular weight excluding hydrogens is 467 g/mol. The van der Waals surface area contributed by atoms with Gasteiger partial charge in [0.05, 0.1) is 9.82 Å². The van der Waals surface area contributed by atoms with Crippen LogP contribution in [0.1, 0.15) is 5.56 Å². The molecule has 3 aromatic rings. The molecule has 0 unspecified atom stereocenters. The average molecular weight is 488 g/mol. The van der Waals surface area contributed by atoms with Crippen molar-refractivity contribution in [2.45, 2.75) is 11.5 Å². The van der Waals surface area contributed by atoms with E-state index < -0.39 is 21.0 Å². The number of carbonyl (C=O) groups is 1. The number of carbonyl (C=O) groups excluding carboxylic acids is 1. The van der Waals surface area contributed by atoms with Crippen molar-refractivity contribution >= 4 is 27.4 Å². The lowest BCUT2D eigenvalue weighted by atomic mass is 10.2. The van der Waals surface area contributed by atoms with E-state index in [0.29, 0.717) is 17.0 Å². The standard InChI is InChI=1S/C22H21FN4O6S/c23-17-5-1-4-16(12-17)15-33-20-8-2-6-18(13-20)26-22(28)24-10-11-25-34(31,32)21-9-3-7-19(14-21)27(29)30/h1-9,12-14,25H,10-11,15H2,(H2,24,26,28). The van der Waals surface area contributed by atoms with Crippen molar-refractivity contribution in [2.75, 3.05) is 18.4 Å². The summed E-state index contributed by atoms with van der Waals surface area (Å²) in [5.74, 6) is 0.104. The molecule has 0 aliphatic carbocycles. The van der Waals surface area contributed by atoms with Crippen LogP contribution in [-0.2, 0) is 16.6 Å². The average Bonchev–Trinajstić information content (AvgIpc) is 2.81. The second-order valence-corrected chi connectivity index (χ2v) is 8.75. The number of hydrogen-bond donors (Lipinski definition) is 3. The molecule has 0 saturated heterocycles. The summed E-state index contributed by atoms with van der Waals surface area (Å²) in [7, 11) is -3.98. The summed E-state index contributed by atoms with van der Waals surface area (Å²) >= 11 is 0. The van der Waals surface area contributed by atoms with Gasteiger partial charge in [-0.1, -0.05) is 24.3 Å². The molecule has 3 rings (SSSR count). The summed E-state index contributed by atoms with van der Waals surface area (Å²) in [5, 5.41) is 15.9. The zero-order valence-electron chi connectivity index (χ0n) is 17.7. The molecule has 10 nitrogen and oxygen atoms in total. The highest BCUT2D eigenvalue weighted by Crippen LogP contribution is 2.19.